The molecule has 0 heterocycles. The second kappa shape index (κ2) is 9.50. The largest absolute Gasteiger partial charge is 0.326 e. The molecular weight excluding hydrogens is 264 g/mol. The van der Waals surface area contributed by atoms with Crippen molar-refractivity contribution in [2.75, 3.05) is 45.6 Å². The van der Waals surface area contributed by atoms with Crippen molar-refractivity contribution >= 4 is 11.6 Å². The van der Waals surface area contributed by atoms with Crippen molar-refractivity contribution in [2.45, 2.75) is 19.9 Å². The minimum atomic E-state index is 0.0244. The standard InChI is InChI=1S/C16H28N4O/c1-4-8-20(10-9-19(2)3)13-16(21)18-15-7-5-6-14(11-15)12-17/h5-7,11H,4,8-10,12-13,17H2,1-3H3,(H,18,21). The Hall–Kier alpha value is -1.43. The molecule has 118 valence electrons. The van der Waals surface area contributed by atoms with Gasteiger partial charge in [-0.25, -0.2) is 0 Å². The quantitative estimate of drug-likeness (QED) is 0.721. The number of likely N-dealkylation sites (N-methyl/N-ethyl adjacent to an activating group) is 1. The van der Waals surface area contributed by atoms with E-state index in [1.165, 1.54) is 0 Å². The van der Waals surface area contributed by atoms with E-state index in [-0.39, 0.29) is 5.91 Å². The first-order chi connectivity index (χ1) is 10.0. The van der Waals surface area contributed by atoms with E-state index < -0.39 is 0 Å². The predicted octanol–water partition coefficient (Wildman–Crippen LogP) is 1.36. The number of amides is 1. The first-order valence-electron chi connectivity index (χ1n) is 7.51. The molecule has 0 unspecified atom stereocenters. The van der Waals surface area contributed by atoms with Crippen LogP contribution < -0.4 is 11.1 Å². The van der Waals surface area contributed by atoms with Crippen LogP contribution in [0.15, 0.2) is 24.3 Å². The molecule has 3 N–H and O–H groups in total. The second-order valence-electron chi connectivity index (χ2n) is 5.53. The average Bonchev–Trinajstić information content (AvgIpc) is 2.45. The summed E-state index contributed by atoms with van der Waals surface area (Å²) in [4.78, 5) is 16.5. The Kier molecular flexibility index (Phi) is 7.97. The van der Waals surface area contributed by atoms with Crippen molar-refractivity contribution in [1.82, 2.24) is 9.80 Å². The smallest absolute Gasteiger partial charge is 0.238 e. The fourth-order valence-corrected chi connectivity index (χ4v) is 2.11. The van der Waals surface area contributed by atoms with E-state index in [2.05, 4.69) is 22.0 Å². The molecule has 0 atom stereocenters. The highest BCUT2D eigenvalue weighted by molar-refractivity contribution is 5.92. The lowest BCUT2D eigenvalue weighted by Gasteiger charge is -2.23. The van der Waals surface area contributed by atoms with Crippen LogP contribution in [-0.4, -0.2) is 56.0 Å². The minimum absolute atomic E-state index is 0.0244. The molecule has 0 aliphatic heterocycles. The molecule has 0 aliphatic rings. The number of nitrogens with two attached hydrogens (primary N) is 1. The summed E-state index contributed by atoms with van der Waals surface area (Å²) in [6.45, 7) is 5.82. The SMILES string of the molecule is CCCN(CCN(C)C)CC(=O)Nc1cccc(CN)c1. The van der Waals surface area contributed by atoms with Gasteiger partial charge in [-0.15, -0.1) is 0 Å². The average molecular weight is 292 g/mol. The lowest BCUT2D eigenvalue weighted by Crippen LogP contribution is -2.38. The Bertz CT molecular complexity index is 434. The van der Waals surface area contributed by atoms with E-state index in [9.17, 15) is 4.79 Å². The number of anilines is 1. The number of carbonyl (C=O) groups is 1. The van der Waals surface area contributed by atoms with Crippen molar-refractivity contribution in [1.29, 1.82) is 0 Å². The van der Waals surface area contributed by atoms with Crippen LogP contribution in [0.3, 0.4) is 0 Å². The van der Waals surface area contributed by atoms with Gasteiger partial charge in [0.1, 0.15) is 0 Å². The molecule has 0 aliphatic carbocycles. The molecule has 0 bridgehead atoms. The van der Waals surface area contributed by atoms with Gasteiger partial charge in [-0.1, -0.05) is 19.1 Å². The zero-order valence-corrected chi connectivity index (χ0v) is 13.4. The lowest BCUT2D eigenvalue weighted by molar-refractivity contribution is -0.117. The molecular formula is C16H28N4O. The van der Waals surface area contributed by atoms with Gasteiger partial charge in [0, 0.05) is 25.3 Å². The third-order valence-corrected chi connectivity index (χ3v) is 3.22. The molecule has 0 saturated carbocycles. The summed E-state index contributed by atoms with van der Waals surface area (Å²) in [6.07, 6.45) is 1.05. The summed E-state index contributed by atoms with van der Waals surface area (Å²) in [5.41, 5.74) is 7.44. The van der Waals surface area contributed by atoms with Crippen molar-refractivity contribution < 1.29 is 4.79 Å². The maximum Gasteiger partial charge on any atom is 0.238 e. The summed E-state index contributed by atoms with van der Waals surface area (Å²) < 4.78 is 0. The van der Waals surface area contributed by atoms with Crippen molar-refractivity contribution in [3.8, 4) is 0 Å². The second-order valence-corrected chi connectivity index (χ2v) is 5.53. The third-order valence-electron chi connectivity index (χ3n) is 3.22. The molecule has 1 aromatic rings. The Morgan fingerprint density at radius 2 is 2.00 bits per heavy atom. The number of benzene rings is 1. The van der Waals surface area contributed by atoms with Gasteiger partial charge in [-0.05, 0) is 44.8 Å². The minimum Gasteiger partial charge on any atom is -0.326 e. The summed E-state index contributed by atoms with van der Waals surface area (Å²) >= 11 is 0. The van der Waals surface area contributed by atoms with Crippen LogP contribution in [0.2, 0.25) is 0 Å². The maximum atomic E-state index is 12.1. The Morgan fingerprint density at radius 3 is 2.62 bits per heavy atom. The summed E-state index contributed by atoms with van der Waals surface area (Å²) in [5.74, 6) is 0.0244. The molecule has 21 heavy (non-hydrogen) atoms. The van der Waals surface area contributed by atoms with E-state index in [0.717, 1.165) is 37.3 Å². The van der Waals surface area contributed by atoms with Gasteiger partial charge in [0.25, 0.3) is 0 Å². The van der Waals surface area contributed by atoms with Crippen LogP contribution in [0.5, 0.6) is 0 Å². The highest BCUT2D eigenvalue weighted by atomic mass is 16.2. The fourth-order valence-electron chi connectivity index (χ4n) is 2.11. The van der Waals surface area contributed by atoms with Crippen LogP contribution >= 0.6 is 0 Å². The normalized spacial score (nSPS) is 11.1. The number of nitrogens with one attached hydrogen (secondary N) is 1. The van der Waals surface area contributed by atoms with Gasteiger partial charge in [-0.3, -0.25) is 9.69 Å². The first-order valence-corrected chi connectivity index (χ1v) is 7.51. The van der Waals surface area contributed by atoms with Crippen molar-refractivity contribution in [2.24, 2.45) is 5.73 Å². The summed E-state index contributed by atoms with van der Waals surface area (Å²) in [5, 5.41) is 2.94. The third kappa shape index (κ3) is 7.22. The summed E-state index contributed by atoms with van der Waals surface area (Å²) in [7, 11) is 4.09. The maximum absolute atomic E-state index is 12.1. The predicted molar refractivity (Wildman–Crippen MR) is 88.2 cm³/mol. The number of carbonyl (C=O) groups excluding carboxylic acids is 1. The van der Waals surface area contributed by atoms with E-state index in [4.69, 9.17) is 5.73 Å². The molecule has 0 fully saturated rings. The molecule has 1 aromatic carbocycles. The Labute approximate surface area is 128 Å². The Balaban J connectivity index is 2.52. The van der Waals surface area contributed by atoms with Crippen LogP contribution in [0.1, 0.15) is 18.9 Å². The monoisotopic (exact) mass is 292 g/mol. The molecule has 5 heteroatoms. The number of rotatable bonds is 9. The van der Waals surface area contributed by atoms with E-state index in [0.29, 0.717) is 13.1 Å². The fraction of sp³-hybridized carbons (Fsp3) is 0.562. The zero-order chi connectivity index (χ0) is 15.7. The van der Waals surface area contributed by atoms with Gasteiger partial charge in [0.2, 0.25) is 5.91 Å². The van der Waals surface area contributed by atoms with Crippen LogP contribution in [0, 0.1) is 0 Å². The number of hydrogen-bond donors (Lipinski definition) is 2. The highest BCUT2D eigenvalue weighted by Crippen LogP contribution is 2.10. The van der Waals surface area contributed by atoms with E-state index in [1.807, 2.05) is 38.4 Å². The number of nitrogens with zero attached hydrogens (tertiary/aromatic N) is 2. The molecule has 0 saturated heterocycles. The molecule has 0 aromatic heterocycles. The molecule has 0 spiro atoms. The van der Waals surface area contributed by atoms with Crippen LogP contribution in [0.25, 0.3) is 0 Å². The lowest BCUT2D eigenvalue weighted by atomic mass is 10.2. The van der Waals surface area contributed by atoms with Gasteiger partial charge < -0.3 is 16.0 Å². The number of hydrogen-bond acceptors (Lipinski definition) is 4. The first kappa shape index (κ1) is 17.6. The van der Waals surface area contributed by atoms with Crippen molar-refractivity contribution in [3.05, 3.63) is 29.8 Å². The zero-order valence-electron chi connectivity index (χ0n) is 13.4. The Morgan fingerprint density at radius 1 is 1.24 bits per heavy atom. The van der Waals surface area contributed by atoms with Crippen LogP contribution in [0.4, 0.5) is 5.69 Å². The van der Waals surface area contributed by atoms with Crippen LogP contribution in [-0.2, 0) is 11.3 Å². The van der Waals surface area contributed by atoms with Gasteiger partial charge in [0.15, 0.2) is 0 Å². The molecule has 1 amide bonds. The van der Waals surface area contributed by atoms with Gasteiger partial charge in [0.05, 0.1) is 6.54 Å². The topological polar surface area (TPSA) is 61.6 Å². The molecule has 0 radical (unpaired) electrons. The molecule has 5 nitrogen and oxygen atoms in total. The van der Waals surface area contributed by atoms with Gasteiger partial charge >= 0.3 is 0 Å². The summed E-state index contributed by atoms with van der Waals surface area (Å²) in [6, 6.07) is 7.67. The van der Waals surface area contributed by atoms with Crippen molar-refractivity contribution in [3.63, 3.8) is 0 Å². The molecule has 1 rings (SSSR count). The van der Waals surface area contributed by atoms with E-state index in [1.54, 1.807) is 0 Å². The van der Waals surface area contributed by atoms with Gasteiger partial charge in [-0.2, -0.15) is 0 Å². The van der Waals surface area contributed by atoms with E-state index >= 15 is 0 Å². The highest BCUT2D eigenvalue weighted by Gasteiger charge is 2.10.